The maximum absolute atomic E-state index is 11.8. The van der Waals surface area contributed by atoms with Gasteiger partial charge in [-0.05, 0) is 33.3 Å². The van der Waals surface area contributed by atoms with Crippen molar-refractivity contribution in [1.82, 2.24) is 5.16 Å². The van der Waals surface area contributed by atoms with Crippen LogP contribution < -0.4 is 5.32 Å². The molecule has 0 spiro atoms. The summed E-state index contributed by atoms with van der Waals surface area (Å²) in [4.78, 5) is 11.8. The summed E-state index contributed by atoms with van der Waals surface area (Å²) < 4.78 is 10.4. The first-order valence-electron chi connectivity index (χ1n) is 6.84. The van der Waals surface area contributed by atoms with Gasteiger partial charge in [-0.2, -0.15) is 0 Å². The molecule has 0 aliphatic rings. The molecule has 2 rings (SSSR count). The lowest BCUT2D eigenvalue weighted by Gasteiger charge is -2.19. The SMILES string of the molecule is Cc1onc(NC(=O)OC(C)(C)C)c1Cc1ccccc1. The first-order valence-corrected chi connectivity index (χ1v) is 6.84. The summed E-state index contributed by atoms with van der Waals surface area (Å²) in [5.74, 6) is 1.09. The topological polar surface area (TPSA) is 64.4 Å². The molecular formula is C16H20N2O3. The standard InChI is InChI=1S/C16H20N2O3/c1-11-13(10-12-8-6-5-7-9-12)14(18-21-11)17-15(19)20-16(2,3)4/h5-9H,10H2,1-4H3,(H,17,18,19). The van der Waals surface area contributed by atoms with E-state index in [0.29, 0.717) is 18.0 Å². The number of hydrogen-bond acceptors (Lipinski definition) is 4. The van der Waals surface area contributed by atoms with Crippen molar-refractivity contribution in [2.45, 2.75) is 39.7 Å². The van der Waals surface area contributed by atoms with Gasteiger partial charge in [-0.1, -0.05) is 35.5 Å². The molecule has 0 bridgehead atoms. The van der Waals surface area contributed by atoms with Crippen molar-refractivity contribution >= 4 is 11.9 Å². The lowest BCUT2D eigenvalue weighted by Crippen LogP contribution is -2.27. The van der Waals surface area contributed by atoms with Crippen molar-refractivity contribution in [2.75, 3.05) is 5.32 Å². The van der Waals surface area contributed by atoms with E-state index < -0.39 is 11.7 Å². The van der Waals surface area contributed by atoms with E-state index in [4.69, 9.17) is 9.26 Å². The minimum absolute atomic E-state index is 0.408. The number of aromatic nitrogens is 1. The highest BCUT2D eigenvalue weighted by molar-refractivity contribution is 5.84. The van der Waals surface area contributed by atoms with Gasteiger partial charge in [0.1, 0.15) is 11.4 Å². The number of ether oxygens (including phenoxy) is 1. The van der Waals surface area contributed by atoms with Crippen molar-refractivity contribution in [3.63, 3.8) is 0 Å². The lowest BCUT2D eigenvalue weighted by molar-refractivity contribution is 0.0634. The molecule has 1 aromatic carbocycles. The average molecular weight is 288 g/mol. The normalized spacial score (nSPS) is 11.2. The van der Waals surface area contributed by atoms with Crippen LogP contribution in [0.15, 0.2) is 34.9 Å². The third-order valence-electron chi connectivity index (χ3n) is 2.83. The third-order valence-corrected chi connectivity index (χ3v) is 2.83. The Balaban J connectivity index is 2.13. The van der Waals surface area contributed by atoms with E-state index in [1.165, 1.54) is 0 Å². The lowest BCUT2D eigenvalue weighted by atomic mass is 10.1. The highest BCUT2D eigenvalue weighted by atomic mass is 16.6. The summed E-state index contributed by atoms with van der Waals surface area (Å²) in [5, 5.41) is 6.54. The fourth-order valence-corrected chi connectivity index (χ4v) is 1.90. The zero-order valence-electron chi connectivity index (χ0n) is 12.8. The zero-order valence-corrected chi connectivity index (χ0v) is 12.8. The predicted octanol–water partition coefficient (Wildman–Crippen LogP) is 3.92. The van der Waals surface area contributed by atoms with Gasteiger partial charge in [-0.15, -0.1) is 0 Å². The highest BCUT2D eigenvalue weighted by Gasteiger charge is 2.20. The van der Waals surface area contributed by atoms with Crippen LogP contribution in [0.25, 0.3) is 0 Å². The van der Waals surface area contributed by atoms with Gasteiger partial charge in [0.25, 0.3) is 0 Å². The summed E-state index contributed by atoms with van der Waals surface area (Å²) in [5.41, 5.74) is 1.42. The van der Waals surface area contributed by atoms with Crippen molar-refractivity contribution in [3.05, 3.63) is 47.2 Å². The number of carbonyl (C=O) groups excluding carboxylic acids is 1. The number of nitrogens with zero attached hydrogens (tertiary/aromatic N) is 1. The predicted molar refractivity (Wildman–Crippen MR) is 80.3 cm³/mol. The Bertz CT molecular complexity index is 612. The molecule has 0 radical (unpaired) electrons. The van der Waals surface area contributed by atoms with E-state index in [2.05, 4.69) is 10.5 Å². The molecule has 5 heteroatoms. The van der Waals surface area contributed by atoms with Gasteiger partial charge in [0, 0.05) is 12.0 Å². The number of rotatable bonds is 3. The number of benzene rings is 1. The zero-order chi connectivity index (χ0) is 15.5. The van der Waals surface area contributed by atoms with Crippen LogP contribution >= 0.6 is 0 Å². The highest BCUT2D eigenvalue weighted by Crippen LogP contribution is 2.22. The fraction of sp³-hybridized carbons (Fsp3) is 0.375. The number of nitrogens with one attached hydrogen (secondary N) is 1. The summed E-state index contributed by atoms with van der Waals surface area (Å²) >= 11 is 0. The molecule has 0 saturated carbocycles. The quantitative estimate of drug-likeness (QED) is 0.929. The maximum Gasteiger partial charge on any atom is 0.413 e. The molecule has 1 aromatic heterocycles. The van der Waals surface area contributed by atoms with Crippen LogP contribution in [0.4, 0.5) is 10.6 Å². The second-order valence-electron chi connectivity index (χ2n) is 5.86. The molecule has 21 heavy (non-hydrogen) atoms. The number of anilines is 1. The minimum Gasteiger partial charge on any atom is -0.444 e. The third kappa shape index (κ3) is 4.34. The van der Waals surface area contributed by atoms with Gasteiger partial charge in [0.05, 0.1) is 0 Å². The van der Waals surface area contributed by atoms with Crippen LogP contribution in [0.5, 0.6) is 0 Å². The van der Waals surface area contributed by atoms with Crippen molar-refractivity contribution in [1.29, 1.82) is 0 Å². The molecule has 112 valence electrons. The summed E-state index contributed by atoms with van der Waals surface area (Å²) in [6.45, 7) is 7.26. The summed E-state index contributed by atoms with van der Waals surface area (Å²) in [7, 11) is 0. The molecule has 0 fully saturated rings. The minimum atomic E-state index is -0.553. The molecule has 0 unspecified atom stereocenters. The van der Waals surface area contributed by atoms with Gasteiger partial charge >= 0.3 is 6.09 Å². The molecule has 5 nitrogen and oxygen atoms in total. The summed E-state index contributed by atoms with van der Waals surface area (Å²) in [6.07, 6.45) is 0.103. The van der Waals surface area contributed by atoms with E-state index in [1.807, 2.05) is 58.0 Å². The second kappa shape index (κ2) is 5.99. The first kappa shape index (κ1) is 15.1. The monoisotopic (exact) mass is 288 g/mol. The average Bonchev–Trinajstić information content (AvgIpc) is 2.70. The van der Waals surface area contributed by atoms with Crippen LogP contribution in [0.3, 0.4) is 0 Å². The molecule has 0 aliphatic heterocycles. The number of hydrogen-bond donors (Lipinski definition) is 1. The van der Waals surface area contributed by atoms with Crippen molar-refractivity contribution < 1.29 is 14.1 Å². The first-order chi connectivity index (χ1) is 9.85. The fourth-order valence-electron chi connectivity index (χ4n) is 1.90. The van der Waals surface area contributed by atoms with Gasteiger partial charge in [0.15, 0.2) is 5.82 Å². The molecule has 1 N–H and O–H groups in total. The number of amides is 1. The Hall–Kier alpha value is -2.30. The van der Waals surface area contributed by atoms with E-state index in [9.17, 15) is 4.79 Å². The van der Waals surface area contributed by atoms with E-state index in [1.54, 1.807) is 0 Å². The largest absolute Gasteiger partial charge is 0.444 e. The molecule has 1 amide bonds. The number of carbonyl (C=O) groups is 1. The van der Waals surface area contributed by atoms with E-state index >= 15 is 0 Å². The Morgan fingerprint density at radius 1 is 1.29 bits per heavy atom. The summed E-state index contributed by atoms with van der Waals surface area (Å²) in [6, 6.07) is 9.94. The van der Waals surface area contributed by atoms with Crippen molar-refractivity contribution in [3.8, 4) is 0 Å². The Morgan fingerprint density at radius 2 is 1.95 bits per heavy atom. The van der Waals surface area contributed by atoms with Gasteiger partial charge < -0.3 is 9.26 Å². The van der Waals surface area contributed by atoms with Gasteiger partial charge in [-0.25, -0.2) is 4.79 Å². The molecule has 2 aromatic rings. The van der Waals surface area contributed by atoms with Gasteiger partial charge in [-0.3, -0.25) is 5.32 Å². The van der Waals surface area contributed by atoms with Crippen LogP contribution in [0.2, 0.25) is 0 Å². The van der Waals surface area contributed by atoms with Crippen LogP contribution in [-0.4, -0.2) is 16.9 Å². The smallest absolute Gasteiger partial charge is 0.413 e. The number of aryl methyl sites for hydroxylation is 1. The second-order valence-corrected chi connectivity index (χ2v) is 5.86. The molecule has 0 saturated heterocycles. The Morgan fingerprint density at radius 3 is 2.57 bits per heavy atom. The Kier molecular flexibility index (Phi) is 4.31. The molecule has 0 atom stereocenters. The van der Waals surface area contributed by atoms with Crippen LogP contribution in [-0.2, 0) is 11.2 Å². The Labute approximate surface area is 124 Å². The molecule has 1 heterocycles. The molecule has 0 aliphatic carbocycles. The maximum atomic E-state index is 11.8. The van der Waals surface area contributed by atoms with Crippen LogP contribution in [0.1, 0.15) is 37.7 Å². The van der Waals surface area contributed by atoms with Gasteiger partial charge in [0.2, 0.25) is 0 Å². The van der Waals surface area contributed by atoms with Crippen molar-refractivity contribution in [2.24, 2.45) is 0 Å². The van der Waals surface area contributed by atoms with E-state index in [-0.39, 0.29) is 0 Å². The van der Waals surface area contributed by atoms with E-state index in [0.717, 1.165) is 11.1 Å². The van der Waals surface area contributed by atoms with Crippen LogP contribution in [0, 0.1) is 6.92 Å². The molecular weight excluding hydrogens is 268 g/mol.